The van der Waals surface area contributed by atoms with E-state index in [-0.39, 0.29) is 0 Å². The zero-order chi connectivity index (χ0) is 7.56. The molecule has 0 aromatic rings. The minimum absolute atomic E-state index is 0.447. The normalized spacial score (nSPS) is 36.3. The summed E-state index contributed by atoms with van der Waals surface area (Å²) in [5.74, 6) is 0.689. The van der Waals surface area contributed by atoms with Crippen LogP contribution in [0.1, 0.15) is 20.3 Å². The Bertz CT molecular complexity index is 103. The molecule has 2 heteroatoms. The van der Waals surface area contributed by atoms with Crippen LogP contribution in [0.5, 0.6) is 0 Å². The lowest BCUT2D eigenvalue weighted by Gasteiger charge is -2.34. The topological polar surface area (TPSA) is 29.3 Å². The Balaban J connectivity index is 2.33. The SMILES string of the molecule is CCN1CC[C@@H](N)[C@@H](C)C1. The molecule has 0 amide bonds. The second-order valence-corrected chi connectivity index (χ2v) is 3.32. The van der Waals surface area contributed by atoms with Crippen LogP contribution in [0.4, 0.5) is 0 Å². The minimum atomic E-state index is 0.447. The number of nitrogens with zero attached hydrogens (tertiary/aromatic N) is 1. The third-order valence-corrected chi connectivity index (χ3v) is 2.50. The van der Waals surface area contributed by atoms with E-state index in [1.54, 1.807) is 0 Å². The largest absolute Gasteiger partial charge is 0.327 e. The van der Waals surface area contributed by atoms with Gasteiger partial charge in [-0.05, 0) is 25.4 Å². The van der Waals surface area contributed by atoms with Crippen LogP contribution in [0.15, 0.2) is 0 Å². The van der Waals surface area contributed by atoms with Crippen LogP contribution in [-0.2, 0) is 0 Å². The highest BCUT2D eigenvalue weighted by Gasteiger charge is 2.21. The Morgan fingerprint density at radius 1 is 1.60 bits per heavy atom. The zero-order valence-corrected chi connectivity index (χ0v) is 7.01. The van der Waals surface area contributed by atoms with Crippen LogP contribution < -0.4 is 5.73 Å². The fraction of sp³-hybridized carbons (Fsp3) is 1.00. The summed E-state index contributed by atoms with van der Waals surface area (Å²) in [6.07, 6.45) is 1.18. The predicted octanol–water partition coefficient (Wildman–Crippen LogP) is 0.675. The van der Waals surface area contributed by atoms with Crippen LogP contribution in [-0.4, -0.2) is 30.6 Å². The van der Waals surface area contributed by atoms with Crippen molar-refractivity contribution in [2.24, 2.45) is 11.7 Å². The number of likely N-dealkylation sites (tertiary alicyclic amines) is 1. The van der Waals surface area contributed by atoms with Gasteiger partial charge in [0.15, 0.2) is 0 Å². The van der Waals surface area contributed by atoms with Gasteiger partial charge in [0.2, 0.25) is 0 Å². The molecule has 10 heavy (non-hydrogen) atoms. The molecule has 2 atom stereocenters. The molecule has 0 aromatic heterocycles. The van der Waals surface area contributed by atoms with Gasteiger partial charge in [0, 0.05) is 12.6 Å². The molecule has 0 spiro atoms. The first-order valence-corrected chi connectivity index (χ1v) is 4.22. The molecule has 1 rings (SSSR count). The van der Waals surface area contributed by atoms with Gasteiger partial charge < -0.3 is 10.6 Å². The molecule has 2 N–H and O–H groups in total. The Morgan fingerprint density at radius 2 is 2.30 bits per heavy atom. The van der Waals surface area contributed by atoms with Gasteiger partial charge >= 0.3 is 0 Å². The summed E-state index contributed by atoms with van der Waals surface area (Å²) in [6.45, 7) is 8.02. The minimum Gasteiger partial charge on any atom is -0.327 e. The molecule has 2 nitrogen and oxygen atoms in total. The van der Waals surface area contributed by atoms with Crippen molar-refractivity contribution in [3.05, 3.63) is 0 Å². The lowest BCUT2D eigenvalue weighted by atomic mass is 9.95. The molecule has 0 unspecified atom stereocenters. The van der Waals surface area contributed by atoms with Gasteiger partial charge in [-0.2, -0.15) is 0 Å². The maximum absolute atomic E-state index is 5.87. The van der Waals surface area contributed by atoms with E-state index in [9.17, 15) is 0 Å². The van der Waals surface area contributed by atoms with E-state index < -0.39 is 0 Å². The molecule has 0 aliphatic carbocycles. The molecular weight excluding hydrogens is 124 g/mol. The van der Waals surface area contributed by atoms with Crippen molar-refractivity contribution in [3.63, 3.8) is 0 Å². The van der Waals surface area contributed by atoms with E-state index in [0.717, 1.165) is 0 Å². The van der Waals surface area contributed by atoms with Crippen LogP contribution in [0.3, 0.4) is 0 Å². The van der Waals surface area contributed by atoms with Gasteiger partial charge in [-0.15, -0.1) is 0 Å². The summed E-state index contributed by atoms with van der Waals surface area (Å²) >= 11 is 0. The molecule has 1 heterocycles. The maximum Gasteiger partial charge on any atom is 0.00889 e. The Kier molecular flexibility index (Phi) is 2.69. The zero-order valence-electron chi connectivity index (χ0n) is 7.01. The van der Waals surface area contributed by atoms with Gasteiger partial charge in [0.1, 0.15) is 0 Å². The lowest BCUT2D eigenvalue weighted by Crippen LogP contribution is -2.45. The third kappa shape index (κ3) is 1.70. The predicted molar refractivity (Wildman–Crippen MR) is 43.9 cm³/mol. The average Bonchev–Trinajstić information content (AvgIpc) is 1.95. The van der Waals surface area contributed by atoms with Crippen LogP contribution in [0.2, 0.25) is 0 Å². The van der Waals surface area contributed by atoms with Gasteiger partial charge in [-0.25, -0.2) is 0 Å². The summed E-state index contributed by atoms with van der Waals surface area (Å²) in [6, 6.07) is 0.447. The molecule has 0 saturated carbocycles. The van der Waals surface area contributed by atoms with Crippen molar-refractivity contribution >= 4 is 0 Å². The summed E-state index contributed by atoms with van der Waals surface area (Å²) in [7, 11) is 0. The first-order valence-electron chi connectivity index (χ1n) is 4.22. The third-order valence-electron chi connectivity index (χ3n) is 2.50. The van der Waals surface area contributed by atoms with Gasteiger partial charge in [0.05, 0.1) is 0 Å². The maximum atomic E-state index is 5.87. The molecule has 1 fully saturated rings. The van der Waals surface area contributed by atoms with Crippen molar-refractivity contribution in [2.45, 2.75) is 26.3 Å². The number of hydrogen-bond donors (Lipinski definition) is 1. The lowest BCUT2D eigenvalue weighted by molar-refractivity contribution is 0.172. The first kappa shape index (κ1) is 8.02. The van der Waals surface area contributed by atoms with E-state index in [1.807, 2.05) is 0 Å². The van der Waals surface area contributed by atoms with E-state index in [2.05, 4.69) is 18.7 Å². The van der Waals surface area contributed by atoms with Crippen molar-refractivity contribution in [2.75, 3.05) is 19.6 Å². The standard InChI is InChI=1S/C8H18N2/c1-3-10-5-4-8(9)7(2)6-10/h7-8H,3-6,9H2,1-2H3/t7-,8+/m0/s1. The number of rotatable bonds is 1. The summed E-state index contributed by atoms with van der Waals surface area (Å²) in [5.41, 5.74) is 5.87. The summed E-state index contributed by atoms with van der Waals surface area (Å²) in [5, 5.41) is 0. The van der Waals surface area contributed by atoms with E-state index >= 15 is 0 Å². The second-order valence-electron chi connectivity index (χ2n) is 3.32. The van der Waals surface area contributed by atoms with Crippen molar-refractivity contribution in [3.8, 4) is 0 Å². The van der Waals surface area contributed by atoms with Gasteiger partial charge in [0.25, 0.3) is 0 Å². The van der Waals surface area contributed by atoms with E-state index in [4.69, 9.17) is 5.73 Å². The Morgan fingerprint density at radius 3 is 2.80 bits per heavy atom. The Labute approximate surface area is 63.4 Å². The highest BCUT2D eigenvalue weighted by atomic mass is 15.1. The number of piperidine rings is 1. The fourth-order valence-electron chi connectivity index (χ4n) is 1.54. The van der Waals surface area contributed by atoms with Crippen LogP contribution in [0, 0.1) is 5.92 Å². The average molecular weight is 142 g/mol. The molecular formula is C8H18N2. The smallest absolute Gasteiger partial charge is 0.00889 e. The molecule has 0 aromatic carbocycles. The highest BCUT2D eigenvalue weighted by Crippen LogP contribution is 2.13. The van der Waals surface area contributed by atoms with Crippen LogP contribution in [0.25, 0.3) is 0 Å². The summed E-state index contributed by atoms with van der Waals surface area (Å²) in [4.78, 5) is 2.47. The van der Waals surface area contributed by atoms with Crippen molar-refractivity contribution < 1.29 is 0 Å². The summed E-state index contributed by atoms with van der Waals surface area (Å²) < 4.78 is 0. The second kappa shape index (κ2) is 3.35. The molecule has 1 saturated heterocycles. The fourth-order valence-corrected chi connectivity index (χ4v) is 1.54. The molecule has 0 bridgehead atoms. The van der Waals surface area contributed by atoms with E-state index in [0.29, 0.717) is 12.0 Å². The molecule has 1 aliphatic heterocycles. The monoisotopic (exact) mass is 142 g/mol. The van der Waals surface area contributed by atoms with Crippen molar-refractivity contribution in [1.82, 2.24) is 4.90 Å². The molecule has 0 radical (unpaired) electrons. The highest BCUT2D eigenvalue weighted by molar-refractivity contribution is 4.79. The molecule has 1 aliphatic rings. The van der Waals surface area contributed by atoms with Crippen molar-refractivity contribution in [1.29, 1.82) is 0 Å². The quantitative estimate of drug-likeness (QED) is 0.583. The molecule has 60 valence electrons. The van der Waals surface area contributed by atoms with Gasteiger partial charge in [-0.1, -0.05) is 13.8 Å². The number of hydrogen-bond acceptors (Lipinski definition) is 2. The Hall–Kier alpha value is -0.0800. The van der Waals surface area contributed by atoms with Crippen LogP contribution >= 0.6 is 0 Å². The number of nitrogens with two attached hydrogens (primary N) is 1. The first-order chi connectivity index (χ1) is 4.74. The van der Waals surface area contributed by atoms with E-state index in [1.165, 1.54) is 26.1 Å². The van der Waals surface area contributed by atoms with Gasteiger partial charge in [-0.3, -0.25) is 0 Å².